The van der Waals surface area contributed by atoms with Crippen LogP contribution < -0.4 is 5.76 Å². The summed E-state index contributed by atoms with van der Waals surface area (Å²) in [7, 11) is 1.84. The Bertz CT molecular complexity index is 839. The molecule has 0 unspecified atom stereocenters. The number of nitrogens with one attached hydrogen (secondary N) is 1. The third-order valence-corrected chi connectivity index (χ3v) is 3.15. The van der Waals surface area contributed by atoms with E-state index in [1.165, 1.54) is 0 Å². The van der Waals surface area contributed by atoms with Gasteiger partial charge in [-0.05, 0) is 25.1 Å². The summed E-state index contributed by atoms with van der Waals surface area (Å²) < 4.78 is 6.78. The SMILES string of the molecule is Cc1nc(C=O)c(-c2ccc3oc(=O)[nH]c3c2)n1C. The first-order valence-electron chi connectivity index (χ1n) is 5.72. The van der Waals surface area contributed by atoms with Crippen molar-refractivity contribution < 1.29 is 9.21 Å². The largest absolute Gasteiger partial charge is 0.417 e. The van der Waals surface area contributed by atoms with Crippen LogP contribution in [0.2, 0.25) is 0 Å². The molecule has 96 valence electrons. The molecular formula is C13H11N3O3. The van der Waals surface area contributed by atoms with Crippen LogP contribution >= 0.6 is 0 Å². The summed E-state index contributed by atoms with van der Waals surface area (Å²) in [5.74, 6) is 0.252. The Hall–Kier alpha value is -2.63. The highest BCUT2D eigenvalue weighted by Gasteiger charge is 2.14. The van der Waals surface area contributed by atoms with E-state index in [9.17, 15) is 9.59 Å². The van der Waals surface area contributed by atoms with E-state index in [0.717, 1.165) is 23.4 Å². The van der Waals surface area contributed by atoms with Crippen LogP contribution in [0.15, 0.2) is 27.4 Å². The average Bonchev–Trinajstić information content (AvgIpc) is 2.88. The summed E-state index contributed by atoms with van der Waals surface area (Å²) in [5.41, 5.74) is 2.98. The monoisotopic (exact) mass is 257 g/mol. The van der Waals surface area contributed by atoms with Crippen LogP contribution in [0.25, 0.3) is 22.4 Å². The van der Waals surface area contributed by atoms with Gasteiger partial charge in [0.25, 0.3) is 0 Å². The lowest BCUT2D eigenvalue weighted by Crippen LogP contribution is -1.96. The molecule has 0 fully saturated rings. The molecule has 6 heteroatoms. The molecule has 0 atom stereocenters. The highest BCUT2D eigenvalue weighted by molar-refractivity contribution is 5.87. The minimum absolute atomic E-state index is 0.380. The first-order valence-corrected chi connectivity index (χ1v) is 5.72. The fourth-order valence-corrected chi connectivity index (χ4v) is 2.16. The third-order valence-electron chi connectivity index (χ3n) is 3.15. The number of aromatic amines is 1. The van der Waals surface area contributed by atoms with Crippen LogP contribution in [-0.4, -0.2) is 20.8 Å². The van der Waals surface area contributed by atoms with E-state index in [4.69, 9.17) is 4.42 Å². The summed E-state index contributed by atoms with van der Waals surface area (Å²) in [5, 5.41) is 0. The van der Waals surface area contributed by atoms with E-state index in [1.54, 1.807) is 18.2 Å². The maximum atomic E-state index is 11.1. The molecule has 1 aromatic carbocycles. The van der Waals surface area contributed by atoms with Crippen molar-refractivity contribution in [3.05, 3.63) is 40.3 Å². The van der Waals surface area contributed by atoms with Gasteiger partial charge in [0.15, 0.2) is 11.9 Å². The van der Waals surface area contributed by atoms with Gasteiger partial charge in [0, 0.05) is 12.6 Å². The van der Waals surface area contributed by atoms with E-state index in [2.05, 4.69) is 9.97 Å². The van der Waals surface area contributed by atoms with Crippen molar-refractivity contribution in [1.82, 2.24) is 14.5 Å². The van der Waals surface area contributed by atoms with Crippen molar-refractivity contribution in [1.29, 1.82) is 0 Å². The number of rotatable bonds is 2. The number of benzene rings is 1. The van der Waals surface area contributed by atoms with Crippen molar-refractivity contribution in [2.75, 3.05) is 0 Å². The number of aldehydes is 1. The molecule has 0 saturated carbocycles. The van der Waals surface area contributed by atoms with Gasteiger partial charge in [-0.2, -0.15) is 0 Å². The zero-order chi connectivity index (χ0) is 13.6. The molecule has 0 aliphatic carbocycles. The molecule has 1 N–H and O–H groups in total. The molecule has 6 nitrogen and oxygen atoms in total. The van der Waals surface area contributed by atoms with Gasteiger partial charge in [-0.3, -0.25) is 9.78 Å². The van der Waals surface area contributed by atoms with E-state index >= 15 is 0 Å². The fourth-order valence-electron chi connectivity index (χ4n) is 2.16. The summed E-state index contributed by atoms with van der Waals surface area (Å²) in [4.78, 5) is 29.0. The number of aryl methyl sites for hydroxylation is 1. The van der Waals surface area contributed by atoms with Crippen LogP contribution in [0.1, 0.15) is 16.3 Å². The van der Waals surface area contributed by atoms with Gasteiger partial charge in [0.05, 0.1) is 11.2 Å². The molecule has 0 aliphatic heterocycles. The Morgan fingerprint density at radius 1 is 1.42 bits per heavy atom. The standard InChI is InChI=1S/C13H11N3O3/c1-7-14-10(6-17)12(16(7)2)8-3-4-11-9(5-8)15-13(18)19-11/h3-6H,1-2H3,(H,15,18). The average molecular weight is 257 g/mol. The van der Waals surface area contributed by atoms with E-state index in [0.29, 0.717) is 16.8 Å². The normalized spacial score (nSPS) is 11.1. The molecule has 0 bridgehead atoms. The summed E-state index contributed by atoms with van der Waals surface area (Å²) in [6, 6.07) is 5.26. The molecule has 19 heavy (non-hydrogen) atoms. The summed E-state index contributed by atoms with van der Waals surface area (Å²) in [6.45, 7) is 1.83. The zero-order valence-electron chi connectivity index (χ0n) is 10.4. The van der Waals surface area contributed by atoms with Crippen molar-refractivity contribution in [2.24, 2.45) is 7.05 Å². The Morgan fingerprint density at radius 3 is 2.95 bits per heavy atom. The lowest BCUT2D eigenvalue weighted by molar-refractivity contribution is 0.112. The van der Waals surface area contributed by atoms with Crippen molar-refractivity contribution in [2.45, 2.75) is 6.92 Å². The number of imidazole rings is 1. The zero-order valence-corrected chi connectivity index (χ0v) is 10.4. The van der Waals surface area contributed by atoms with Crippen LogP contribution in [-0.2, 0) is 7.05 Å². The predicted octanol–water partition coefficient (Wildman–Crippen LogP) is 1.64. The topological polar surface area (TPSA) is 80.9 Å². The van der Waals surface area contributed by atoms with Gasteiger partial charge in [0.2, 0.25) is 0 Å². The maximum absolute atomic E-state index is 11.1. The van der Waals surface area contributed by atoms with Gasteiger partial charge in [-0.25, -0.2) is 9.78 Å². The molecule has 2 heterocycles. The highest BCUT2D eigenvalue weighted by Crippen LogP contribution is 2.26. The Labute approximate surface area is 107 Å². The first-order chi connectivity index (χ1) is 9.10. The number of carbonyl (C=O) groups is 1. The molecule has 0 spiro atoms. The van der Waals surface area contributed by atoms with Crippen LogP contribution in [0, 0.1) is 6.92 Å². The number of oxazole rings is 1. The maximum Gasteiger partial charge on any atom is 0.417 e. The Balaban J connectivity index is 2.29. The van der Waals surface area contributed by atoms with Gasteiger partial charge in [0.1, 0.15) is 11.5 Å². The third kappa shape index (κ3) is 1.69. The van der Waals surface area contributed by atoms with E-state index < -0.39 is 5.76 Å². The van der Waals surface area contributed by atoms with Gasteiger partial charge in [-0.15, -0.1) is 0 Å². The number of carbonyl (C=O) groups excluding carboxylic acids is 1. The van der Waals surface area contributed by atoms with E-state index in [-0.39, 0.29) is 0 Å². The quantitative estimate of drug-likeness (QED) is 0.708. The minimum Gasteiger partial charge on any atom is -0.408 e. The van der Waals surface area contributed by atoms with Gasteiger partial charge >= 0.3 is 5.76 Å². The molecule has 0 amide bonds. The number of nitrogens with zero attached hydrogens (tertiary/aromatic N) is 2. The lowest BCUT2D eigenvalue weighted by atomic mass is 10.1. The predicted molar refractivity (Wildman–Crippen MR) is 69.2 cm³/mol. The smallest absolute Gasteiger partial charge is 0.408 e. The highest BCUT2D eigenvalue weighted by atomic mass is 16.4. The first kappa shape index (κ1) is 11.5. The number of aromatic nitrogens is 3. The molecule has 3 rings (SSSR count). The van der Waals surface area contributed by atoms with Crippen LogP contribution in [0.3, 0.4) is 0 Å². The molecular weight excluding hydrogens is 246 g/mol. The molecule has 3 aromatic rings. The van der Waals surface area contributed by atoms with E-state index in [1.807, 2.05) is 18.5 Å². The van der Waals surface area contributed by atoms with Gasteiger partial charge < -0.3 is 8.98 Å². The Kier molecular flexibility index (Phi) is 2.38. The fraction of sp³-hybridized carbons (Fsp3) is 0.154. The lowest BCUT2D eigenvalue weighted by Gasteiger charge is -2.04. The molecule has 0 radical (unpaired) electrons. The number of hydrogen-bond donors (Lipinski definition) is 1. The van der Waals surface area contributed by atoms with Crippen LogP contribution in [0.5, 0.6) is 0 Å². The number of hydrogen-bond acceptors (Lipinski definition) is 4. The van der Waals surface area contributed by atoms with Crippen molar-refractivity contribution in [3.8, 4) is 11.3 Å². The number of fused-ring (bicyclic) bond motifs is 1. The molecule has 2 aromatic heterocycles. The number of H-pyrrole nitrogens is 1. The summed E-state index contributed by atoms with van der Waals surface area (Å²) in [6.07, 6.45) is 0.727. The van der Waals surface area contributed by atoms with Crippen LogP contribution in [0.4, 0.5) is 0 Å². The second-order valence-electron chi connectivity index (χ2n) is 4.30. The molecule has 0 saturated heterocycles. The summed E-state index contributed by atoms with van der Waals surface area (Å²) >= 11 is 0. The van der Waals surface area contributed by atoms with Gasteiger partial charge in [-0.1, -0.05) is 0 Å². The second kappa shape index (κ2) is 3.94. The Morgan fingerprint density at radius 2 is 2.21 bits per heavy atom. The molecule has 0 aliphatic rings. The van der Waals surface area contributed by atoms with Crippen molar-refractivity contribution in [3.63, 3.8) is 0 Å². The van der Waals surface area contributed by atoms with Crippen molar-refractivity contribution >= 4 is 17.4 Å². The second-order valence-corrected chi connectivity index (χ2v) is 4.30. The minimum atomic E-state index is -0.496.